The molecule has 0 saturated carbocycles. The SMILES string of the molecule is COCCCN(C)C(=O)[C@@H](N)Cc1ccccc1. The molecule has 0 aliphatic heterocycles. The van der Waals surface area contributed by atoms with Crippen LogP contribution in [0.25, 0.3) is 0 Å². The minimum absolute atomic E-state index is 0.0186. The summed E-state index contributed by atoms with van der Waals surface area (Å²) in [4.78, 5) is 13.7. The first-order valence-corrected chi connectivity index (χ1v) is 6.18. The van der Waals surface area contributed by atoms with Crippen molar-refractivity contribution >= 4 is 5.91 Å². The third kappa shape index (κ3) is 4.85. The smallest absolute Gasteiger partial charge is 0.239 e. The van der Waals surface area contributed by atoms with Gasteiger partial charge in [0.2, 0.25) is 5.91 Å². The van der Waals surface area contributed by atoms with Gasteiger partial charge in [0.15, 0.2) is 0 Å². The monoisotopic (exact) mass is 250 g/mol. The van der Waals surface area contributed by atoms with Crippen molar-refractivity contribution in [2.75, 3.05) is 27.3 Å². The van der Waals surface area contributed by atoms with E-state index in [0.717, 1.165) is 12.0 Å². The van der Waals surface area contributed by atoms with Crippen molar-refractivity contribution in [1.82, 2.24) is 4.90 Å². The average molecular weight is 250 g/mol. The van der Waals surface area contributed by atoms with Crippen LogP contribution in [0.1, 0.15) is 12.0 Å². The highest BCUT2D eigenvalue weighted by molar-refractivity contribution is 5.81. The van der Waals surface area contributed by atoms with Gasteiger partial charge >= 0.3 is 0 Å². The van der Waals surface area contributed by atoms with Crippen LogP contribution in [0.15, 0.2) is 30.3 Å². The molecule has 1 amide bonds. The molecule has 1 aromatic rings. The number of carbonyl (C=O) groups excluding carboxylic acids is 1. The third-order valence-electron chi connectivity index (χ3n) is 2.83. The fourth-order valence-corrected chi connectivity index (χ4v) is 1.79. The molecule has 1 aromatic carbocycles. The van der Waals surface area contributed by atoms with E-state index in [2.05, 4.69) is 0 Å². The molecule has 0 unspecified atom stereocenters. The molecule has 100 valence electrons. The standard InChI is InChI=1S/C14H22N2O2/c1-16(9-6-10-18-2)14(17)13(15)11-12-7-4-3-5-8-12/h3-5,7-8,13H,6,9-11,15H2,1-2H3/t13-/m0/s1. The lowest BCUT2D eigenvalue weighted by Gasteiger charge is -2.21. The van der Waals surface area contributed by atoms with Crippen molar-refractivity contribution in [3.05, 3.63) is 35.9 Å². The number of nitrogens with zero attached hydrogens (tertiary/aromatic N) is 1. The van der Waals surface area contributed by atoms with E-state index in [1.165, 1.54) is 0 Å². The fraction of sp³-hybridized carbons (Fsp3) is 0.500. The van der Waals surface area contributed by atoms with Crippen LogP contribution in [0.2, 0.25) is 0 Å². The summed E-state index contributed by atoms with van der Waals surface area (Å²) in [6.07, 6.45) is 1.41. The van der Waals surface area contributed by atoms with Crippen molar-refractivity contribution in [2.24, 2.45) is 5.73 Å². The molecule has 18 heavy (non-hydrogen) atoms. The highest BCUT2D eigenvalue weighted by Crippen LogP contribution is 2.04. The Bertz CT molecular complexity index is 354. The van der Waals surface area contributed by atoms with E-state index >= 15 is 0 Å². The minimum atomic E-state index is -0.472. The largest absolute Gasteiger partial charge is 0.385 e. The van der Waals surface area contributed by atoms with E-state index in [1.54, 1.807) is 19.1 Å². The van der Waals surface area contributed by atoms with E-state index in [1.807, 2.05) is 30.3 Å². The van der Waals surface area contributed by atoms with Crippen molar-refractivity contribution < 1.29 is 9.53 Å². The Morgan fingerprint density at radius 3 is 2.67 bits per heavy atom. The molecule has 0 aliphatic rings. The van der Waals surface area contributed by atoms with Crippen LogP contribution in [0.3, 0.4) is 0 Å². The molecule has 4 heteroatoms. The highest BCUT2D eigenvalue weighted by atomic mass is 16.5. The van der Waals surface area contributed by atoms with Gasteiger partial charge in [0.25, 0.3) is 0 Å². The Morgan fingerprint density at radius 1 is 1.39 bits per heavy atom. The number of carbonyl (C=O) groups is 1. The van der Waals surface area contributed by atoms with Gasteiger partial charge in [0.05, 0.1) is 6.04 Å². The number of likely N-dealkylation sites (N-methyl/N-ethyl adjacent to an activating group) is 1. The zero-order valence-electron chi connectivity index (χ0n) is 11.1. The Morgan fingerprint density at radius 2 is 2.06 bits per heavy atom. The molecule has 1 rings (SSSR count). The molecule has 2 N–H and O–H groups in total. The number of ether oxygens (including phenoxy) is 1. The number of amides is 1. The van der Waals surface area contributed by atoms with Crippen molar-refractivity contribution in [3.8, 4) is 0 Å². The highest BCUT2D eigenvalue weighted by Gasteiger charge is 2.17. The molecule has 0 bridgehead atoms. The Balaban J connectivity index is 2.41. The predicted molar refractivity (Wildman–Crippen MR) is 72.3 cm³/mol. The van der Waals surface area contributed by atoms with E-state index in [-0.39, 0.29) is 5.91 Å². The Hall–Kier alpha value is -1.39. The van der Waals surface area contributed by atoms with E-state index < -0.39 is 6.04 Å². The third-order valence-corrected chi connectivity index (χ3v) is 2.83. The first-order chi connectivity index (χ1) is 8.65. The molecule has 0 radical (unpaired) electrons. The lowest BCUT2D eigenvalue weighted by atomic mass is 10.1. The predicted octanol–water partition coefficient (Wildman–Crippen LogP) is 1.05. The van der Waals surface area contributed by atoms with Crippen molar-refractivity contribution in [3.63, 3.8) is 0 Å². The zero-order valence-corrected chi connectivity index (χ0v) is 11.1. The molecule has 0 heterocycles. The number of rotatable bonds is 7. The summed E-state index contributed by atoms with van der Waals surface area (Å²) >= 11 is 0. The van der Waals surface area contributed by atoms with Crippen LogP contribution >= 0.6 is 0 Å². The molecular weight excluding hydrogens is 228 g/mol. The zero-order chi connectivity index (χ0) is 13.4. The topological polar surface area (TPSA) is 55.6 Å². The second-order valence-corrected chi connectivity index (χ2v) is 4.40. The summed E-state index contributed by atoms with van der Waals surface area (Å²) < 4.78 is 4.96. The molecule has 0 saturated heterocycles. The van der Waals surface area contributed by atoms with Gasteiger partial charge in [-0.1, -0.05) is 30.3 Å². The summed E-state index contributed by atoms with van der Waals surface area (Å²) in [6.45, 7) is 1.33. The van der Waals surface area contributed by atoms with Gasteiger partial charge in [-0.2, -0.15) is 0 Å². The number of nitrogens with two attached hydrogens (primary N) is 1. The van der Waals surface area contributed by atoms with Gasteiger partial charge in [-0.15, -0.1) is 0 Å². The fourth-order valence-electron chi connectivity index (χ4n) is 1.79. The summed E-state index contributed by atoms with van der Waals surface area (Å²) in [5.41, 5.74) is 7.02. The van der Waals surface area contributed by atoms with E-state index in [0.29, 0.717) is 19.6 Å². The maximum absolute atomic E-state index is 12.0. The Labute approximate surface area is 109 Å². The second-order valence-electron chi connectivity index (χ2n) is 4.40. The first kappa shape index (κ1) is 14.7. The van der Waals surface area contributed by atoms with Gasteiger partial charge in [-0.3, -0.25) is 4.79 Å². The number of hydrogen-bond acceptors (Lipinski definition) is 3. The normalized spacial score (nSPS) is 12.2. The van der Waals surface area contributed by atoms with Crippen molar-refractivity contribution in [2.45, 2.75) is 18.9 Å². The number of benzene rings is 1. The van der Waals surface area contributed by atoms with Crippen LogP contribution < -0.4 is 5.73 Å². The van der Waals surface area contributed by atoms with Crippen LogP contribution in [0, 0.1) is 0 Å². The quantitative estimate of drug-likeness (QED) is 0.736. The maximum atomic E-state index is 12.0. The maximum Gasteiger partial charge on any atom is 0.239 e. The average Bonchev–Trinajstić information content (AvgIpc) is 2.39. The van der Waals surface area contributed by atoms with E-state index in [9.17, 15) is 4.79 Å². The molecular formula is C14H22N2O2. The van der Waals surface area contributed by atoms with Crippen molar-refractivity contribution in [1.29, 1.82) is 0 Å². The molecule has 0 spiro atoms. The second kappa shape index (κ2) is 7.84. The summed E-state index contributed by atoms with van der Waals surface area (Å²) in [6, 6.07) is 9.35. The van der Waals surface area contributed by atoms with Crippen LogP contribution in [0.5, 0.6) is 0 Å². The van der Waals surface area contributed by atoms with Gasteiger partial charge < -0.3 is 15.4 Å². The van der Waals surface area contributed by atoms with Crippen LogP contribution in [-0.2, 0) is 16.0 Å². The molecule has 4 nitrogen and oxygen atoms in total. The molecule has 0 aliphatic carbocycles. The lowest BCUT2D eigenvalue weighted by molar-refractivity contribution is -0.131. The van der Waals surface area contributed by atoms with Gasteiger partial charge in [0.1, 0.15) is 0 Å². The molecule has 1 atom stereocenters. The lowest BCUT2D eigenvalue weighted by Crippen LogP contribution is -2.43. The Kier molecular flexibility index (Phi) is 6.39. The van der Waals surface area contributed by atoms with Gasteiger partial charge in [-0.25, -0.2) is 0 Å². The van der Waals surface area contributed by atoms with Gasteiger partial charge in [0, 0.05) is 27.3 Å². The van der Waals surface area contributed by atoms with E-state index in [4.69, 9.17) is 10.5 Å². The van der Waals surface area contributed by atoms with Crippen LogP contribution in [0.4, 0.5) is 0 Å². The molecule has 0 fully saturated rings. The number of hydrogen-bond donors (Lipinski definition) is 1. The first-order valence-electron chi connectivity index (χ1n) is 6.18. The summed E-state index contributed by atoms with van der Waals surface area (Å²) in [5, 5.41) is 0. The summed E-state index contributed by atoms with van der Waals surface area (Å²) in [5.74, 6) is -0.0186. The van der Waals surface area contributed by atoms with Crippen LogP contribution in [-0.4, -0.2) is 44.2 Å². The summed E-state index contributed by atoms with van der Waals surface area (Å²) in [7, 11) is 3.44. The number of methoxy groups -OCH3 is 1. The van der Waals surface area contributed by atoms with Gasteiger partial charge in [-0.05, 0) is 18.4 Å². The molecule has 0 aromatic heterocycles. The minimum Gasteiger partial charge on any atom is -0.385 e.